The summed E-state index contributed by atoms with van der Waals surface area (Å²) in [6, 6.07) is 5.71. The van der Waals surface area contributed by atoms with Crippen LogP contribution >= 0.6 is 0 Å². The maximum Gasteiger partial charge on any atom is 0.221 e. The highest BCUT2D eigenvalue weighted by atomic mass is 16.3. The van der Waals surface area contributed by atoms with E-state index in [4.69, 9.17) is 4.42 Å². The summed E-state index contributed by atoms with van der Waals surface area (Å²) in [4.78, 5) is 14.3. The molecule has 7 nitrogen and oxygen atoms in total. The number of rotatable bonds is 7. The smallest absolute Gasteiger partial charge is 0.221 e. The second-order valence-corrected chi connectivity index (χ2v) is 7.30. The van der Waals surface area contributed by atoms with Crippen LogP contribution in [0.1, 0.15) is 48.9 Å². The summed E-state index contributed by atoms with van der Waals surface area (Å²) in [7, 11) is 0. The molecule has 2 aromatic heterocycles. The van der Waals surface area contributed by atoms with Crippen LogP contribution in [0.2, 0.25) is 0 Å². The Morgan fingerprint density at radius 3 is 3.08 bits per heavy atom. The van der Waals surface area contributed by atoms with Crippen molar-refractivity contribution >= 4 is 5.91 Å². The van der Waals surface area contributed by atoms with Crippen LogP contribution in [0.4, 0.5) is 0 Å². The van der Waals surface area contributed by atoms with Crippen molar-refractivity contribution in [3.8, 4) is 0 Å². The van der Waals surface area contributed by atoms with Crippen molar-refractivity contribution in [3.63, 3.8) is 0 Å². The highest BCUT2D eigenvalue weighted by Crippen LogP contribution is 2.40. The number of hydrogen-bond donors (Lipinski definition) is 2. The Balaban J connectivity index is 1.28. The zero-order valence-electron chi connectivity index (χ0n) is 14.9. The molecule has 7 heteroatoms. The molecule has 4 rings (SSSR count). The van der Waals surface area contributed by atoms with E-state index in [0.717, 1.165) is 62.6 Å². The van der Waals surface area contributed by atoms with Crippen molar-refractivity contribution in [2.75, 3.05) is 13.1 Å². The summed E-state index contributed by atoms with van der Waals surface area (Å²) < 4.78 is 7.25. The van der Waals surface area contributed by atoms with Crippen LogP contribution in [-0.2, 0) is 24.4 Å². The fourth-order valence-electron chi connectivity index (χ4n) is 3.49. The minimum atomic E-state index is -0.421. The Labute approximate surface area is 153 Å². The predicted octanol–water partition coefficient (Wildman–Crippen LogP) is 1.83. The molecule has 0 aromatic carbocycles. The molecule has 1 aliphatic heterocycles. The number of hydrogen-bond acceptors (Lipinski definition) is 5. The van der Waals surface area contributed by atoms with Gasteiger partial charge >= 0.3 is 0 Å². The molecule has 0 radical (unpaired) electrons. The number of nitrogens with zero attached hydrogens (tertiary/aromatic N) is 3. The van der Waals surface area contributed by atoms with Gasteiger partial charge in [0.25, 0.3) is 0 Å². The topological polar surface area (TPSA) is 83.5 Å². The SMILES string of the molecule is O=C(CCN1CCCn2nc([C@H](O)C3CC3)cc2C1)NCc1ccco1. The molecule has 1 atom stereocenters. The van der Waals surface area contributed by atoms with E-state index in [2.05, 4.69) is 15.3 Å². The number of aromatic nitrogens is 2. The first-order valence-electron chi connectivity index (χ1n) is 9.45. The lowest BCUT2D eigenvalue weighted by Gasteiger charge is -2.19. The second kappa shape index (κ2) is 7.63. The number of fused-ring (bicyclic) bond motifs is 1. The molecule has 26 heavy (non-hydrogen) atoms. The number of carbonyl (C=O) groups excluding carboxylic acids is 1. The fourth-order valence-corrected chi connectivity index (χ4v) is 3.49. The molecule has 2 aromatic rings. The van der Waals surface area contributed by atoms with Gasteiger partial charge in [-0.15, -0.1) is 0 Å². The third-order valence-corrected chi connectivity index (χ3v) is 5.18. The van der Waals surface area contributed by atoms with E-state index in [-0.39, 0.29) is 5.91 Å². The molecule has 1 aliphatic carbocycles. The molecule has 0 bridgehead atoms. The average molecular weight is 358 g/mol. The number of nitrogens with one attached hydrogen (secondary N) is 1. The van der Waals surface area contributed by atoms with Gasteiger partial charge in [-0.25, -0.2) is 0 Å². The van der Waals surface area contributed by atoms with Crippen LogP contribution in [0, 0.1) is 5.92 Å². The Bertz CT molecular complexity index is 736. The van der Waals surface area contributed by atoms with Crippen LogP contribution in [-0.4, -0.2) is 38.8 Å². The van der Waals surface area contributed by atoms with Crippen molar-refractivity contribution in [3.05, 3.63) is 41.6 Å². The van der Waals surface area contributed by atoms with Gasteiger partial charge in [0.05, 0.1) is 24.2 Å². The van der Waals surface area contributed by atoms with E-state index in [1.54, 1.807) is 6.26 Å². The molecule has 0 unspecified atom stereocenters. The molecule has 0 spiro atoms. The van der Waals surface area contributed by atoms with E-state index >= 15 is 0 Å². The molecule has 1 fully saturated rings. The summed E-state index contributed by atoms with van der Waals surface area (Å²) in [5, 5.41) is 17.8. The standard InChI is InChI=1S/C19H26N4O3/c24-18(20-12-16-3-1-10-26-16)6-9-22-7-2-8-23-15(13-22)11-17(21-23)19(25)14-4-5-14/h1,3,10-11,14,19,25H,2,4-9,12-13H2,(H,20,24)/t19-/m1/s1. The van der Waals surface area contributed by atoms with Gasteiger partial charge in [0, 0.05) is 32.6 Å². The molecule has 3 heterocycles. The van der Waals surface area contributed by atoms with Crippen LogP contribution in [0.25, 0.3) is 0 Å². The van der Waals surface area contributed by atoms with Gasteiger partial charge < -0.3 is 14.8 Å². The Morgan fingerprint density at radius 2 is 2.31 bits per heavy atom. The predicted molar refractivity (Wildman–Crippen MR) is 95.0 cm³/mol. The molecule has 0 saturated heterocycles. The van der Waals surface area contributed by atoms with Crippen LogP contribution in [0.3, 0.4) is 0 Å². The summed E-state index contributed by atoms with van der Waals surface area (Å²) in [6.45, 7) is 3.75. The van der Waals surface area contributed by atoms with Crippen molar-refractivity contribution in [2.45, 2.75) is 51.4 Å². The average Bonchev–Trinajstić information content (AvgIpc) is 3.28. The third-order valence-electron chi connectivity index (χ3n) is 5.18. The number of carbonyl (C=O) groups is 1. The van der Waals surface area contributed by atoms with Gasteiger partial charge in [0.2, 0.25) is 5.91 Å². The molecule has 1 saturated carbocycles. The maximum absolute atomic E-state index is 12.1. The zero-order valence-corrected chi connectivity index (χ0v) is 14.9. The van der Waals surface area contributed by atoms with Crippen molar-refractivity contribution < 1.29 is 14.3 Å². The number of amides is 1. The summed E-state index contributed by atoms with van der Waals surface area (Å²) in [6.07, 6.45) is 4.85. The van der Waals surface area contributed by atoms with Gasteiger partial charge in [-0.1, -0.05) is 0 Å². The highest BCUT2D eigenvalue weighted by molar-refractivity contribution is 5.75. The lowest BCUT2D eigenvalue weighted by Crippen LogP contribution is -2.30. The van der Waals surface area contributed by atoms with E-state index in [1.165, 1.54) is 0 Å². The lowest BCUT2D eigenvalue weighted by molar-refractivity contribution is -0.121. The van der Waals surface area contributed by atoms with Gasteiger partial charge in [-0.05, 0) is 43.4 Å². The van der Waals surface area contributed by atoms with Crippen molar-refractivity contribution in [1.29, 1.82) is 0 Å². The van der Waals surface area contributed by atoms with Gasteiger partial charge in [-0.2, -0.15) is 5.10 Å². The Hall–Kier alpha value is -2.12. The summed E-state index contributed by atoms with van der Waals surface area (Å²) in [5.41, 5.74) is 1.94. The molecule has 2 N–H and O–H groups in total. The Kier molecular flexibility index (Phi) is 5.08. The largest absolute Gasteiger partial charge is 0.467 e. The highest BCUT2D eigenvalue weighted by Gasteiger charge is 2.33. The number of aliphatic hydroxyl groups excluding tert-OH is 1. The fraction of sp³-hybridized carbons (Fsp3) is 0.579. The normalized spacial score (nSPS) is 19.0. The Morgan fingerprint density at radius 1 is 1.42 bits per heavy atom. The molecule has 2 aliphatic rings. The van der Waals surface area contributed by atoms with Gasteiger partial charge in [0.15, 0.2) is 0 Å². The number of aliphatic hydroxyl groups is 1. The van der Waals surface area contributed by atoms with E-state index in [1.807, 2.05) is 22.9 Å². The second-order valence-electron chi connectivity index (χ2n) is 7.30. The maximum atomic E-state index is 12.1. The first kappa shape index (κ1) is 17.3. The first-order valence-corrected chi connectivity index (χ1v) is 9.45. The first-order chi connectivity index (χ1) is 12.7. The quantitative estimate of drug-likeness (QED) is 0.789. The number of furan rings is 1. The van der Waals surface area contributed by atoms with Gasteiger partial charge in [-0.3, -0.25) is 14.4 Å². The van der Waals surface area contributed by atoms with Crippen LogP contribution in [0.15, 0.2) is 28.9 Å². The molecular formula is C19H26N4O3. The van der Waals surface area contributed by atoms with Gasteiger partial charge in [0.1, 0.15) is 11.9 Å². The van der Waals surface area contributed by atoms with Crippen molar-refractivity contribution in [1.82, 2.24) is 20.0 Å². The van der Waals surface area contributed by atoms with E-state index in [0.29, 0.717) is 18.9 Å². The number of aryl methyl sites for hydroxylation is 1. The molecular weight excluding hydrogens is 332 g/mol. The van der Waals surface area contributed by atoms with Crippen LogP contribution < -0.4 is 5.32 Å². The minimum absolute atomic E-state index is 0.0315. The van der Waals surface area contributed by atoms with E-state index < -0.39 is 6.10 Å². The molecule has 1 amide bonds. The zero-order chi connectivity index (χ0) is 17.9. The van der Waals surface area contributed by atoms with Crippen molar-refractivity contribution in [2.24, 2.45) is 5.92 Å². The monoisotopic (exact) mass is 358 g/mol. The third kappa shape index (κ3) is 4.16. The summed E-state index contributed by atoms with van der Waals surface area (Å²) >= 11 is 0. The van der Waals surface area contributed by atoms with Crippen LogP contribution in [0.5, 0.6) is 0 Å². The molecule has 140 valence electrons. The minimum Gasteiger partial charge on any atom is -0.467 e. The lowest BCUT2D eigenvalue weighted by atomic mass is 10.1. The van der Waals surface area contributed by atoms with E-state index in [9.17, 15) is 9.90 Å². The summed E-state index contributed by atoms with van der Waals surface area (Å²) in [5.74, 6) is 1.19.